The molecule has 182 valence electrons. The average molecular weight is 466 g/mol. The zero-order chi connectivity index (χ0) is 24.1. The number of halogens is 1. The van der Waals surface area contributed by atoms with Crippen molar-refractivity contribution in [2.75, 3.05) is 13.1 Å². The molecule has 3 aromatic rings. The van der Waals surface area contributed by atoms with Gasteiger partial charge in [0.05, 0.1) is 23.0 Å². The number of aliphatic hydroxyl groups excluding tert-OH is 1. The van der Waals surface area contributed by atoms with Crippen LogP contribution in [-0.4, -0.2) is 39.0 Å². The Morgan fingerprint density at radius 3 is 2.56 bits per heavy atom. The SMILES string of the molecule is CCC[C@H](O)CN(Cc1c(C(C)C)nn(-c2ccccc2)c1Oc1cccc(F)c1)CC1CC1. The number of rotatable bonds is 12. The van der Waals surface area contributed by atoms with Crippen LogP contribution in [0.4, 0.5) is 4.39 Å². The Morgan fingerprint density at radius 1 is 1.15 bits per heavy atom. The van der Waals surface area contributed by atoms with Gasteiger partial charge in [-0.3, -0.25) is 4.90 Å². The summed E-state index contributed by atoms with van der Waals surface area (Å²) >= 11 is 0. The van der Waals surface area contributed by atoms with Crippen LogP contribution in [0.15, 0.2) is 54.6 Å². The van der Waals surface area contributed by atoms with Crippen LogP contribution in [0.5, 0.6) is 11.6 Å². The second kappa shape index (κ2) is 11.2. The molecule has 1 fully saturated rings. The molecule has 1 aliphatic rings. The van der Waals surface area contributed by atoms with E-state index in [4.69, 9.17) is 9.84 Å². The molecule has 1 heterocycles. The zero-order valence-corrected chi connectivity index (χ0v) is 20.5. The average Bonchev–Trinajstić information content (AvgIpc) is 3.55. The number of aromatic nitrogens is 2. The van der Waals surface area contributed by atoms with Gasteiger partial charge in [0.1, 0.15) is 11.6 Å². The Hall–Kier alpha value is -2.70. The number of para-hydroxylation sites is 1. The standard InChI is InChI=1S/C28H36FN3O2/c1-4-9-24(33)18-31(17-21-14-15-21)19-26-27(20(2)3)30-32(23-11-6-5-7-12-23)28(26)34-25-13-8-10-22(29)16-25/h5-8,10-13,16,20-21,24,33H,4,9,14-15,17-19H2,1-3H3/t24-/m0/s1. The maximum atomic E-state index is 14.0. The van der Waals surface area contributed by atoms with Crippen LogP contribution in [0.25, 0.3) is 5.69 Å². The summed E-state index contributed by atoms with van der Waals surface area (Å²) in [6.45, 7) is 8.56. The molecule has 0 amide bonds. The van der Waals surface area contributed by atoms with Crippen LogP contribution < -0.4 is 4.74 Å². The molecule has 1 aromatic heterocycles. The van der Waals surface area contributed by atoms with Gasteiger partial charge in [-0.2, -0.15) is 5.10 Å². The summed E-state index contributed by atoms with van der Waals surface area (Å²) in [4.78, 5) is 2.34. The summed E-state index contributed by atoms with van der Waals surface area (Å²) in [5.41, 5.74) is 2.84. The molecule has 0 unspecified atom stereocenters. The predicted molar refractivity (Wildman–Crippen MR) is 133 cm³/mol. The van der Waals surface area contributed by atoms with Crippen molar-refractivity contribution < 1.29 is 14.2 Å². The van der Waals surface area contributed by atoms with Crippen molar-refractivity contribution in [3.05, 3.63) is 71.7 Å². The Balaban J connectivity index is 1.75. The van der Waals surface area contributed by atoms with E-state index >= 15 is 0 Å². The third kappa shape index (κ3) is 6.24. The van der Waals surface area contributed by atoms with Crippen LogP contribution in [0.2, 0.25) is 0 Å². The fourth-order valence-electron chi connectivity index (χ4n) is 4.37. The molecule has 4 rings (SSSR count). The molecular weight excluding hydrogens is 429 g/mol. The van der Waals surface area contributed by atoms with Crippen molar-refractivity contribution in [2.24, 2.45) is 5.92 Å². The first-order valence-corrected chi connectivity index (χ1v) is 12.5. The van der Waals surface area contributed by atoms with Crippen molar-refractivity contribution >= 4 is 0 Å². The van der Waals surface area contributed by atoms with Crippen molar-refractivity contribution in [3.63, 3.8) is 0 Å². The minimum absolute atomic E-state index is 0.179. The number of benzene rings is 2. The molecule has 0 saturated heterocycles. The Morgan fingerprint density at radius 2 is 1.91 bits per heavy atom. The molecule has 1 N–H and O–H groups in total. The molecule has 34 heavy (non-hydrogen) atoms. The van der Waals surface area contributed by atoms with Crippen LogP contribution >= 0.6 is 0 Å². The van der Waals surface area contributed by atoms with E-state index in [1.54, 1.807) is 12.1 Å². The van der Waals surface area contributed by atoms with E-state index in [1.807, 2.05) is 35.0 Å². The van der Waals surface area contributed by atoms with E-state index in [1.165, 1.54) is 25.0 Å². The number of hydrogen-bond acceptors (Lipinski definition) is 4. The summed E-state index contributed by atoms with van der Waals surface area (Å²) in [5.74, 6) is 1.57. The number of aliphatic hydroxyl groups is 1. The summed E-state index contributed by atoms with van der Waals surface area (Å²) < 4.78 is 22.1. The predicted octanol–water partition coefficient (Wildman–Crippen LogP) is 6.30. The van der Waals surface area contributed by atoms with E-state index in [9.17, 15) is 9.50 Å². The van der Waals surface area contributed by atoms with Gasteiger partial charge >= 0.3 is 0 Å². The number of hydrogen-bond donors (Lipinski definition) is 1. The first-order valence-electron chi connectivity index (χ1n) is 12.5. The third-order valence-electron chi connectivity index (χ3n) is 6.21. The van der Waals surface area contributed by atoms with Gasteiger partial charge in [-0.25, -0.2) is 9.07 Å². The molecule has 0 aliphatic heterocycles. The summed E-state index contributed by atoms with van der Waals surface area (Å²) in [6, 6.07) is 16.1. The summed E-state index contributed by atoms with van der Waals surface area (Å²) in [6.07, 6.45) is 3.87. The molecule has 1 aliphatic carbocycles. The lowest BCUT2D eigenvalue weighted by molar-refractivity contribution is 0.0976. The van der Waals surface area contributed by atoms with E-state index in [2.05, 4.69) is 25.7 Å². The monoisotopic (exact) mass is 465 g/mol. The third-order valence-corrected chi connectivity index (χ3v) is 6.21. The Kier molecular flexibility index (Phi) is 8.01. The zero-order valence-electron chi connectivity index (χ0n) is 20.5. The maximum absolute atomic E-state index is 14.0. The molecule has 5 nitrogen and oxygen atoms in total. The van der Waals surface area contributed by atoms with Crippen LogP contribution in [-0.2, 0) is 6.54 Å². The Labute approximate surface area is 202 Å². The van der Waals surface area contributed by atoms with Gasteiger partial charge in [0.2, 0.25) is 5.88 Å². The topological polar surface area (TPSA) is 50.5 Å². The van der Waals surface area contributed by atoms with Crippen molar-refractivity contribution in [1.29, 1.82) is 0 Å². The first kappa shape index (κ1) is 24.4. The van der Waals surface area contributed by atoms with E-state index in [0.717, 1.165) is 36.3 Å². The lowest BCUT2D eigenvalue weighted by atomic mass is 10.0. The van der Waals surface area contributed by atoms with Gasteiger partial charge in [-0.15, -0.1) is 0 Å². The van der Waals surface area contributed by atoms with Crippen molar-refractivity contribution in [2.45, 2.75) is 65.0 Å². The number of nitrogens with zero attached hydrogens (tertiary/aromatic N) is 3. The lowest BCUT2D eigenvalue weighted by Gasteiger charge is -2.26. The number of ether oxygens (including phenoxy) is 1. The fraction of sp³-hybridized carbons (Fsp3) is 0.464. The highest BCUT2D eigenvalue weighted by Crippen LogP contribution is 2.36. The lowest BCUT2D eigenvalue weighted by Crippen LogP contribution is -2.34. The molecule has 0 spiro atoms. The van der Waals surface area contributed by atoms with E-state index in [-0.39, 0.29) is 17.8 Å². The van der Waals surface area contributed by atoms with E-state index < -0.39 is 0 Å². The highest BCUT2D eigenvalue weighted by molar-refractivity contribution is 5.44. The molecular formula is C28H36FN3O2. The molecule has 0 radical (unpaired) electrons. The first-order chi connectivity index (χ1) is 16.4. The molecule has 2 aromatic carbocycles. The van der Waals surface area contributed by atoms with Crippen LogP contribution in [0.1, 0.15) is 63.6 Å². The van der Waals surface area contributed by atoms with Gasteiger partial charge in [-0.1, -0.05) is 51.5 Å². The molecule has 1 atom stereocenters. The van der Waals surface area contributed by atoms with Gasteiger partial charge in [0.25, 0.3) is 0 Å². The highest BCUT2D eigenvalue weighted by Gasteiger charge is 2.29. The van der Waals surface area contributed by atoms with Crippen molar-refractivity contribution in [1.82, 2.24) is 14.7 Å². The highest BCUT2D eigenvalue weighted by atomic mass is 19.1. The molecule has 1 saturated carbocycles. The summed E-state index contributed by atoms with van der Waals surface area (Å²) in [7, 11) is 0. The minimum atomic E-state index is -0.358. The van der Waals surface area contributed by atoms with Gasteiger partial charge in [0, 0.05) is 25.7 Å². The van der Waals surface area contributed by atoms with Crippen LogP contribution in [0, 0.1) is 11.7 Å². The van der Waals surface area contributed by atoms with E-state index in [0.29, 0.717) is 30.6 Å². The fourth-order valence-corrected chi connectivity index (χ4v) is 4.37. The maximum Gasteiger partial charge on any atom is 0.227 e. The van der Waals surface area contributed by atoms with Gasteiger partial charge < -0.3 is 9.84 Å². The smallest absolute Gasteiger partial charge is 0.227 e. The largest absolute Gasteiger partial charge is 0.438 e. The minimum Gasteiger partial charge on any atom is -0.438 e. The Bertz CT molecular complexity index is 1060. The van der Waals surface area contributed by atoms with Crippen molar-refractivity contribution in [3.8, 4) is 17.3 Å². The summed E-state index contributed by atoms with van der Waals surface area (Å²) in [5, 5.41) is 15.6. The second-order valence-corrected chi connectivity index (χ2v) is 9.71. The molecule has 6 heteroatoms. The molecule has 0 bridgehead atoms. The van der Waals surface area contributed by atoms with Gasteiger partial charge in [-0.05, 0) is 55.4 Å². The van der Waals surface area contributed by atoms with Gasteiger partial charge in [0.15, 0.2) is 0 Å². The quantitative estimate of drug-likeness (QED) is 0.341. The second-order valence-electron chi connectivity index (χ2n) is 9.71. The van der Waals surface area contributed by atoms with Crippen LogP contribution in [0.3, 0.4) is 0 Å². The normalized spacial score (nSPS) is 14.7.